The average Bonchev–Trinajstić information content (AvgIpc) is 3.06. The van der Waals surface area contributed by atoms with E-state index in [-0.39, 0.29) is 11.9 Å². The van der Waals surface area contributed by atoms with Gasteiger partial charge in [0, 0.05) is 17.5 Å². The maximum Gasteiger partial charge on any atom is 0.310 e. The Kier molecular flexibility index (Phi) is 4.39. The molecule has 0 spiro atoms. The molecule has 0 radical (unpaired) electrons. The van der Waals surface area contributed by atoms with Crippen molar-refractivity contribution in [3.8, 4) is 0 Å². The fraction of sp³-hybridized carbons (Fsp3) is 0.444. The molecule has 0 unspecified atom stereocenters. The number of carbonyl (C=O) groups excluding carboxylic acids is 1. The van der Waals surface area contributed by atoms with Gasteiger partial charge in [-0.2, -0.15) is 0 Å². The van der Waals surface area contributed by atoms with Gasteiger partial charge in [-0.25, -0.2) is 4.98 Å². The number of aromatic nitrogens is 1. The summed E-state index contributed by atoms with van der Waals surface area (Å²) < 4.78 is 5.69. The van der Waals surface area contributed by atoms with Crippen LogP contribution in [0.4, 0.5) is 10.8 Å². The number of nitrogens with zero attached hydrogens (tertiary/aromatic N) is 1. The quantitative estimate of drug-likeness (QED) is 0.807. The Hall–Kier alpha value is -1.88. The molecule has 2 aromatic rings. The van der Waals surface area contributed by atoms with E-state index in [2.05, 4.69) is 24.1 Å². The van der Waals surface area contributed by atoms with Gasteiger partial charge in [-0.3, -0.25) is 4.79 Å². The first-order chi connectivity index (χ1) is 11.0. The van der Waals surface area contributed by atoms with E-state index in [4.69, 9.17) is 4.74 Å². The molecule has 0 bridgehead atoms. The Morgan fingerprint density at radius 1 is 1.39 bits per heavy atom. The van der Waals surface area contributed by atoms with Crippen LogP contribution in [0.5, 0.6) is 0 Å². The van der Waals surface area contributed by atoms with E-state index in [1.54, 1.807) is 0 Å². The van der Waals surface area contributed by atoms with Crippen molar-refractivity contribution < 1.29 is 9.53 Å². The zero-order valence-corrected chi connectivity index (χ0v) is 14.5. The summed E-state index contributed by atoms with van der Waals surface area (Å²) >= 11 is 1.53. The smallest absolute Gasteiger partial charge is 0.310 e. The predicted octanol–water partition coefficient (Wildman–Crippen LogP) is 4.71. The first-order valence-electron chi connectivity index (χ1n) is 7.97. The number of hydrogen-bond donors (Lipinski definition) is 1. The highest BCUT2D eigenvalue weighted by Gasteiger charge is 2.46. The highest BCUT2D eigenvalue weighted by Crippen LogP contribution is 2.42. The molecule has 23 heavy (non-hydrogen) atoms. The van der Waals surface area contributed by atoms with E-state index in [1.807, 2.05) is 42.6 Å². The second-order valence-corrected chi connectivity index (χ2v) is 7.57. The fourth-order valence-corrected chi connectivity index (χ4v) is 3.88. The molecule has 0 amide bonds. The summed E-state index contributed by atoms with van der Waals surface area (Å²) in [6.45, 7) is 6.23. The number of benzene rings is 1. The first kappa shape index (κ1) is 16.0. The molecule has 1 N–H and O–H groups in total. The van der Waals surface area contributed by atoms with Crippen LogP contribution in [0.2, 0.25) is 0 Å². The number of nitrogens with one attached hydrogen (secondary N) is 1. The predicted molar refractivity (Wildman–Crippen MR) is 92.8 cm³/mol. The minimum absolute atomic E-state index is 0.0211. The van der Waals surface area contributed by atoms with Crippen molar-refractivity contribution in [2.24, 2.45) is 11.8 Å². The summed E-state index contributed by atoms with van der Waals surface area (Å²) in [5.41, 5.74) is 1.23. The number of anilines is 2. The van der Waals surface area contributed by atoms with Crippen molar-refractivity contribution in [2.45, 2.75) is 39.2 Å². The second kappa shape index (κ2) is 6.32. The van der Waals surface area contributed by atoms with Crippen LogP contribution in [0.3, 0.4) is 0 Å². The molecule has 2 atom stereocenters. The Labute approximate surface area is 140 Å². The largest absolute Gasteiger partial charge is 0.453 e. The number of ether oxygens (including phenoxy) is 1. The van der Waals surface area contributed by atoms with Crippen LogP contribution in [0.1, 0.15) is 39.3 Å². The number of thiazole rings is 1. The van der Waals surface area contributed by atoms with Gasteiger partial charge >= 0.3 is 5.97 Å². The van der Waals surface area contributed by atoms with Gasteiger partial charge in [0.25, 0.3) is 0 Å². The second-order valence-electron chi connectivity index (χ2n) is 6.71. The van der Waals surface area contributed by atoms with Crippen LogP contribution in [-0.4, -0.2) is 11.0 Å². The van der Waals surface area contributed by atoms with Gasteiger partial charge in [-0.1, -0.05) is 32.0 Å². The van der Waals surface area contributed by atoms with Gasteiger partial charge in [0.2, 0.25) is 0 Å². The monoisotopic (exact) mass is 330 g/mol. The third kappa shape index (κ3) is 3.55. The van der Waals surface area contributed by atoms with E-state index in [1.165, 1.54) is 11.3 Å². The third-order valence-electron chi connectivity index (χ3n) is 4.12. The van der Waals surface area contributed by atoms with Gasteiger partial charge in [0.1, 0.15) is 0 Å². The van der Waals surface area contributed by atoms with Crippen LogP contribution in [0.25, 0.3) is 0 Å². The van der Waals surface area contributed by atoms with Crippen molar-refractivity contribution >= 4 is 28.1 Å². The molecule has 1 aromatic heterocycles. The molecule has 122 valence electrons. The van der Waals surface area contributed by atoms with Gasteiger partial charge in [-0.05, 0) is 31.4 Å². The van der Waals surface area contributed by atoms with Crippen molar-refractivity contribution in [1.29, 1.82) is 0 Å². The molecule has 1 aliphatic rings. The molecular weight excluding hydrogens is 308 g/mol. The Morgan fingerprint density at radius 2 is 2.13 bits per heavy atom. The van der Waals surface area contributed by atoms with Crippen LogP contribution >= 0.6 is 11.3 Å². The van der Waals surface area contributed by atoms with Crippen LogP contribution < -0.4 is 5.32 Å². The number of cyclic esters (lactones) is 1. The molecule has 3 rings (SSSR count). The third-order valence-corrected chi connectivity index (χ3v) is 4.88. The molecule has 2 heterocycles. The van der Waals surface area contributed by atoms with Crippen molar-refractivity contribution in [2.75, 3.05) is 5.32 Å². The van der Waals surface area contributed by atoms with Crippen molar-refractivity contribution in [3.63, 3.8) is 0 Å². The van der Waals surface area contributed by atoms with Gasteiger partial charge in [0.05, 0.1) is 11.6 Å². The van der Waals surface area contributed by atoms with E-state index < -0.39 is 5.60 Å². The lowest BCUT2D eigenvalue weighted by atomic mass is 9.88. The van der Waals surface area contributed by atoms with E-state index >= 15 is 0 Å². The molecule has 1 fully saturated rings. The van der Waals surface area contributed by atoms with Crippen LogP contribution in [0, 0.1) is 11.8 Å². The van der Waals surface area contributed by atoms with Gasteiger partial charge < -0.3 is 10.1 Å². The molecule has 0 aliphatic carbocycles. The summed E-state index contributed by atoms with van der Waals surface area (Å²) in [5.74, 6) is 0.375. The summed E-state index contributed by atoms with van der Waals surface area (Å²) in [6, 6.07) is 9.93. The lowest BCUT2D eigenvalue weighted by Crippen LogP contribution is -2.21. The molecule has 0 saturated carbocycles. The molecule has 1 saturated heterocycles. The average molecular weight is 330 g/mol. The zero-order valence-electron chi connectivity index (χ0n) is 13.7. The maximum atomic E-state index is 12.1. The van der Waals surface area contributed by atoms with Gasteiger partial charge in [-0.15, -0.1) is 11.3 Å². The lowest BCUT2D eigenvalue weighted by Gasteiger charge is -2.20. The molecule has 1 aliphatic heterocycles. The number of para-hydroxylation sites is 1. The molecule has 5 heteroatoms. The fourth-order valence-electron chi connectivity index (χ4n) is 3.03. The maximum absolute atomic E-state index is 12.1. The summed E-state index contributed by atoms with van der Waals surface area (Å²) in [5, 5.41) is 6.08. The number of hydrogen-bond acceptors (Lipinski definition) is 5. The normalized spacial score (nSPS) is 24.0. The SMILES string of the molecule is CC(C)C[C@@H]1C[C@@](C)(c2csc(Nc3ccccc3)n2)OC1=O. The molecule has 4 nitrogen and oxygen atoms in total. The summed E-state index contributed by atoms with van der Waals surface area (Å²) in [7, 11) is 0. The number of rotatable bonds is 5. The topological polar surface area (TPSA) is 51.2 Å². The minimum atomic E-state index is -0.607. The summed E-state index contributed by atoms with van der Waals surface area (Å²) in [6.07, 6.45) is 1.58. The highest BCUT2D eigenvalue weighted by atomic mass is 32.1. The first-order valence-corrected chi connectivity index (χ1v) is 8.85. The van der Waals surface area contributed by atoms with Crippen molar-refractivity contribution in [3.05, 3.63) is 41.4 Å². The lowest BCUT2D eigenvalue weighted by molar-refractivity contribution is -0.150. The Morgan fingerprint density at radius 3 is 2.83 bits per heavy atom. The van der Waals surface area contributed by atoms with E-state index in [0.717, 1.165) is 22.9 Å². The van der Waals surface area contributed by atoms with Crippen molar-refractivity contribution in [1.82, 2.24) is 4.98 Å². The van der Waals surface area contributed by atoms with Crippen LogP contribution in [0.15, 0.2) is 35.7 Å². The molecule has 1 aromatic carbocycles. The van der Waals surface area contributed by atoms with Gasteiger partial charge in [0.15, 0.2) is 10.7 Å². The zero-order chi connectivity index (χ0) is 16.4. The van der Waals surface area contributed by atoms with Crippen LogP contribution in [-0.2, 0) is 15.1 Å². The number of esters is 1. The van der Waals surface area contributed by atoms with E-state index in [0.29, 0.717) is 12.3 Å². The minimum Gasteiger partial charge on any atom is -0.453 e. The Balaban J connectivity index is 1.73. The Bertz CT molecular complexity index is 683. The summed E-state index contributed by atoms with van der Waals surface area (Å²) in [4.78, 5) is 16.8. The molecular formula is C18H22N2O2S. The number of carbonyl (C=O) groups is 1. The standard InChI is InChI=1S/C18H22N2O2S/c1-12(2)9-13-10-18(3,22-16(13)21)15-11-23-17(20-15)19-14-7-5-4-6-8-14/h4-8,11-13H,9-10H2,1-3H3,(H,19,20)/t13-,18+/m1/s1. The van der Waals surface area contributed by atoms with E-state index in [9.17, 15) is 4.79 Å². The highest BCUT2D eigenvalue weighted by molar-refractivity contribution is 7.13.